The van der Waals surface area contributed by atoms with Gasteiger partial charge in [-0.25, -0.2) is 0 Å². The van der Waals surface area contributed by atoms with Crippen LogP contribution in [-0.2, 0) is 0 Å². The summed E-state index contributed by atoms with van der Waals surface area (Å²) in [7, 11) is 0. The van der Waals surface area contributed by atoms with E-state index >= 15 is 0 Å². The van der Waals surface area contributed by atoms with Gasteiger partial charge in [0.25, 0.3) is 0 Å². The van der Waals surface area contributed by atoms with Crippen molar-refractivity contribution in [3.8, 4) is 11.8 Å². The summed E-state index contributed by atoms with van der Waals surface area (Å²) in [5.41, 5.74) is 8.48. The smallest absolute Gasteiger partial charge is 0.205 e. The maximum absolute atomic E-state index is 9.64. The highest BCUT2D eigenvalue weighted by molar-refractivity contribution is 9.10. The van der Waals surface area contributed by atoms with Crippen LogP contribution in [-0.4, -0.2) is 0 Å². The molecule has 0 aliphatic carbocycles. The van der Waals surface area contributed by atoms with Crippen LogP contribution in [0.15, 0.2) is 76.6 Å². The fourth-order valence-electron chi connectivity index (χ4n) is 3.22. The first-order valence-corrected chi connectivity index (χ1v) is 8.33. The monoisotopic (exact) mass is 376 g/mol. The van der Waals surface area contributed by atoms with Gasteiger partial charge in [-0.1, -0.05) is 70.5 Å². The molecule has 1 unspecified atom stereocenters. The molecule has 2 N–H and O–H groups in total. The number of hydrogen-bond donors (Lipinski definition) is 1. The van der Waals surface area contributed by atoms with E-state index < -0.39 is 0 Å². The molecular weight excluding hydrogens is 364 g/mol. The summed E-state index contributed by atoms with van der Waals surface area (Å²) in [6.45, 7) is 0. The first-order chi connectivity index (χ1) is 11.7. The van der Waals surface area contributed by atoms with Gasteiger partial charge in [0.05, 0.1) is 5.92 Å². The first kappa shape index (κ1) is 14.8. The van der Waals surface area contributed by atoms with Crippen molar-refractivity contribution in [2.24, 2.45) is 5.73 Å². The largest absolute Gasteiger partial charge is 0.440 e. The van der Waals surface area contributed by atoms with Crippen molar-refractivity contribution in [3.63, 3.8) is 0 Å². The van der Waals surface area contributed by atoms with Crippen molar-refractivity contribution in [2.45, 2.75) is 5.92 Å². The Bertz CT molecular complexity index is 1030. The Kier molecular flexibility index (Phi) is 3.51. The second-order valence-corrected chi connectivity index (χ2v) is 6.51. The standard InChI is InChI=1S/C20H13BrN2O/c21-17-8-4-3-7-14(17)18-15-10-9-12-5-1-2-6-13(12)19(15)24-20(23)16(18)11-22/h1-10,18H,23H2. The Morgan fingerprint density at radius 3 is 2.50 bits per heavy atom. The topological polar surface area (TPSA) is 59.0 Å². The van der Waals surface area contributed by atoms with E-state index in [1.54, 1.807) is 0 Å². The molecule has 1 atom stereocenters. The quantitative estimate of drug-likeness (QED) is 0.662. The van der Waals surface area contributed by atoms with Gasteiger partial charge in [-0.15, -0.1) is 0 Å². The maximum atomic E-state index is 9.64. The molecule has 3 aromatic carbocycles. The molecule has 0 radical (unpaired) electrons. The summed E-state index contributed by atoms with van der Waals surface area (Å²) in [5, 5.41) is 11.7. The van der Waals surface area contributed by atoms with Crippen LogP contribution in [0.4, 0.5) is 0 Å². The minimum absolute atomic E-state index is 0.169. The predicted molar refractivity (Wildman–Crippen MR) is 97.4 cm³/mol. The number of halogens is 1. The SMILES string of the molecule is N#CC1=C(N)Oc2c(ccc3ccccc23)C1c1ccccc1Br. The lowest BCUT2D eigenvalue weighted by Crippen LogP contribution is -2.21. The van der Waals surface area contributed by atoms with E-state index in [2.05, 4.69) is 28.1 Å². The molecule has 1 aliphatic heterocycles. The van der Waals surface area contributed by atoms with Gasteiger partial charge in [0.2, 0.25) is 5.88 Å². The molecule has 0 amide bonds. The molecule has 1 aliphatic rings. The van der Waals surface area contributed by atoms with E-state index in [1.165, 1.54) is 0 Å². The zero-order chi connectivity index (χ0) is 16.7. The summed E-state index contributed by atoms with van der Waals surface area (Å²) in [6, 6.07) is 22.2. The summed E-state index contributed by atoms with van der Waals surface area (Å²) in [6.07, 6.45) is 0. The Hall–Kier alpha value is -2.77. The van der Waals surface area contributed by atoms with Gasteiger partial charge in [-0.2, -0.15) is 5.26 Å². The molecule has 0 bridgehead atoms. The third-order valence-electron chi connectivity index (χ3n) is 4.32. The Balaban J connectivity index is 2.05. The molecule has 1 heterocycles. The van der Waals surface area contributed by atoms with Crippen LogP contribution in [0.25, 0.3) is 10.8 Å². The van der Waals surface area contributed by atoms with Crippen LogP contribution in [0.3, 0.4) is 0 Å². The van der Waals surface area contributed by atoms with Crippen molar-refractivity contribution in [2.75, 3.05) is 0 Å². The number of nitrogens with two attached hydrogens (primary N) is 1. The second-order valence-electron chi connectivity index (χ2n) is 5.65. The third kappa shape index (κ3) is 2.17. The van der Waals surface area contributed by atoms with Crippen molar-refractivity contribution < 1.29 is 4.74 Å². The fourth-order valence-corrected chi connectivity index (χ4v) is 3.73. The Morgan fingerprint density at radius 2 is 1.71 bits per heavy atom. The van der Waals surface area contributed by atoms with Crippen molar-refractivity contribution in [1.29, 1.82) is 5.26 Å². The normalized spacial score (nSPS) is 16.4. The second kappa shape index (κ2) is 5.70. The molecule has 116 valence electrons. The van der Waals surface area contributed by atoms with Gasteiger partial charge >= 0.3 is 0 Å². The van der Waals surface area contributed by atoms with Gasteiger partial charge in [0.1, 0.15) is 17.4 Å². The van der Waals surface area contributed by atoms with E-state index in [-0.39, 0.29) is 11.8 Å². The van der Waals surface area contributed by atoms with E-state index in [0.717, 1.165) is 32.1 Å². The van der Waals surface area contributed by atoms with E-state index in [4.69, 9.17) is 10.5 Å². The number of benzene rings is 3. The third-order valence-corrected chi connectivity index (χ3v) is 5.05. The molecule has 0 spiro atoms. The van der Waals surface area contributed by atoms with Crippen LogP contribution < -0.4 is 10.5 Å². The average molecular weight is 377 g/mol. The van der Waals surface area contributed by atoms with Crippen LogP contribution in [0.2, 0.25) is 0 Å². The van der Waals surface area contributed by atoms with Crippen molar-refractivity contribution in [3.05, 3.63) is 87.7 Å². The molecule has 3 aromatic rings. The molecule has 0 fully saturated rings. The molecule has 0 aromatic heterocycles. The minimum atomic E-state index is -0.251. The maximum Gasteiger partial charge on any atom is 0.205 e. The molecule has 24 heavy (non-hydrogen) atoms. The average Bonchev–Trinajstić information content (AvgIpc) is 2.61. The van der Waals surface area contributed by atoms with E-state index in [1.807, 2.05) is 54.6 Å². The van der Waals surface area contributed by atoms with Gasteiger partial charge in [-0.3, -0.25) is 0 Å². The lowest BCUT2D eigenvalue weighted by Gasteiger charge is -2.28. The fraction of sp³-hybridized carbons (Fsp3) is 0.0500. The zero-order valence-electron chi connectivity index (χ0n) is 12.7. The Labute approximate surface area is 148 Å². The van der Waals surface area contributed by atoms with Gasteiger partial charge in [-0.05, 0) is 17.0 Å². The number of fused-ring (bicyclic) bond motifs is 3. The summed E-state index contributed by atoms with van der Waals surface area (Å²) in [4.78, 5) is 0. The highest BCUT2D eigenvalue weighted by Crippen LogP contribution is 2.46. The van der Waals surface area contributed by atoms with Crippen molar-refractivity contribution >= 4 is 26.7 Å². The number of allylic oxidation sites excluding steroid dienone is 1. The van der Waals surface area contributed by atoms with Gasteiger partial charge in [0, 0.05) is 15.4 Å². The predicted octanol–water partition coefficient (Wildman–Crippen LogP) is 4.82. The molecule has 4 heteroatoms. The summed E-state index contributed by atoms with van der Waals surface area (Å²) < 4.78 is 6.80. The number of hydrogen-bond acceptors (Lipinski definition) is 3. The highest BCUT2D eigenvalue weighted by Gasteiger charge is 2.32. The van der Waals surface area contributed by atoms with E-state index in [9.17, 15) is 5.26 Å². The molecule has 0 saturated carbocycles. The number of nitrogens with zero attached hydrogens (tertiary/aromatic N) is 1. The summed E-state index contributed by atoms with van der Waals surface area (Å²) in [5.74, 6) is 0.645. The molecule has 4 rings (SSSR count). The van der Waals surface area contributed by atoms with Gasteiger partial charge < -0.3 is 10.5 Å². The number of nitriles is 1. The highest BCUT2D eigenvalue weighted by atomic mass is 79.9. The number of ether oxygens (including phenoxy) is 1. The Morgan fingerprint density at radius 1 is 0.958 bits per heavy atom. The molecule has 3 nitrogen and oxygen atoms in total. The molecule has 0 saturated heterocycles. The lowest BCUT2D eigenvalue weighted by molar-refractivity contribution is 0.398. The van der Waals surface area contributed by atoms with Crippen LogP contribution in [0, 0.1) is 11.3 Å². The summed E-state index contributed by atoms with van der Waals surface area (Å²) >= 11 is 3.60. The van der Waals surface area contributed by atoms with Crippen LogP contribution in [0.1, 0.15) is 17.0 Å². The lowest BCUT2D eigenvalue weighted by atomic mass is 9.82. The van der Waals surface area contributed by atoms with Crippen LogP contribution in [0.5, 0.6) is 5.75 Å². The van der Waals surface area contributed by atoms with Gasteiger partial charge in [0.15, 0.2) is 0 Å². The zero-order valence-corrected chi connectivity index (χ0v) is 14.2. The van der Waals surface area contributed by atoms with E-state index in [0.29, 0.717) is 5.57 Å². The molecular formula is C20H13BrN2O. The first-order valence-electron chi connectivity index (χ1n) is 7.54. The van der Waals surface area contributed by atoms with Crippen molar-refractivity contribution in [1.82, 2.24) is 0 Å². The van der Waals surface area contributed by atoms with Crippen LogP contribution >= 0.6 is 15.9 Å². The number of rotatable bonds is 1. The minimum Gasteiger partial charge on any atom is -0.440 e.